The molecule has 1 unspecified atom stereocenters. The maximum Gasteiger partial charge on any atom is 0.194 e. The third-order valence-corrected chi connectivity index (χ3v) is 3.73. The minimum Gasteiger partial charge on any atom is -0.488 e. The van der Waals surface area contributed by atoms with Crippen molar-refractivity contribution in [2.75, 3.05) is 0 Å². The molecular weight excluding hydrogens is 300 g/mol. The van der Waals surface area contributed by atoms with Crippen molar-refractivity contribution in [1.29, 1.82) is 0 Å². The number of Topliss-reactive ketones (excluding diaryl/α,β-unsaturated/α-hetero) is 1. The van der Waals surface area contributed by atoms with Crippen LogP contribution in [0.25, 0.3) is 0 Å². The van der Waals surface area contributed by atoms with E-state index in [4.69, 9.17) is 16.3 Å². The van der Waals surface area contributed by atoms with Crippen LogP contribution in [0.4, 0.5) is 0 Å². The lowest BCUT2D eigenvalue weighted by molar-refractivity contribution is 0.0724. The molecule has 22 heavy (non-hydrogen) atoms. The number of halogens is 1. The zero-order chi connectivity index (χ0) is 15.9. The Hall–Kier alpha value is -1.84. The van der Waals surface area contributed by atoms with Crippen LogP contribution >= 0.6 is 11.6 Å². The van der Waals surface area contributed by atoms with E-state index in [9.17, 15) is 9.90 Å². The molecule has 2 rings (SSSR count). The molecule has 1 N–H and O–H groups in total. The zero-order valence-electron chi connectivity index (χ0n) is 12.5. The maximum atomic E-state index is 12.3. The molecule has 1 atom stereocenters. The quantitative estimate of drug-likeness (QED) is 0.776. The number of carbonyl (C=O) groups excluding carboxylic acids is 1. The summed E-state index contributed by atoms with van der Waals surface area (Å²) in [5, 5.41) is 10.5. The van der Waals surface area contributed by atoms with E-state index in [0.717, 1.165) is 12.0 Å². The second kappa shape index (κ2) is 7.97. The molecule has 0 aliphatic heterocycles. The minimum absolute atomic E-state index is 0.272. The predicted molar refractivity (Wildman–Crippen MR) is 87.5 cm³/mol. The van der Waals surface area contributed by atoms with Gasteiger partial charge in [0.25, 0.3) is 0 Å². The van der Waals surface area contributed by atoms with Crippen LogP contribution in [0.3, 0.4) is 0 Å². The molecule has 4 heteroatoms. The van der Waals surface area contributed by atoms with E-state index >= 15 is 0 Å². The van der Waals surface area contributed by atoms with E-state index in [2.05, 4.69) is 0 Å². The number of hydrogen-bond donors (Lipinski definition) is 1. The average Bonchev–Trinajstić information content (AvgIpc) is 2.54. The Bertz CT molecular complexity index is 640. The van der Waals surface area contributed by atoms with E-state index in [1.807, 2.05) is 25.1 Å². The first kappa shape index (κ1) is 16.5. The molecule has 0 saturated heterocycles. The molecule has 116 valence electrons. The summed E-state index contributed by atoms with van der Waals surface area (Å²) in [5.74, 6) is 0.152. The summed E-state index contributed by atoms with van der Waals surface area (Å²) in [7, 11) is 0. The number of benzene rings is 2. The summed E-state index contributed by atoms with van der Waals surface area (Å²) in [6, 6.07) is 14.4. The number of ketones is 1. The molecule has 0 fully saturated rings. The molecule has 0 aliphatic rings. The highest BCUT2D eigenvalue weighted by Crippen LogP contribution is 2.23. The number of para-hydroxylation sites is 1. The van der Waals surface area contributed by atoms with Gasteiger partial charge in [-0.05, 0) is 24.6 Å². The number of rotatable bonds is 7. The van der Waals surface area contributed by atoms with Gasteiger partial charge in [0.15, 0.2) is 5.78 Å². The van der Waals surface area contributed by atoms with Crippen LogP contribution in [-0.2, 0) is 6.61 Å². The minimum atomic E-state index is -0.991. The van der Waals surface area contributed by atoms with Crippen LogP contribution in [0, 0.1) is 0 Å². The molecule has 2 aromatic rings. The fourth-order valence-corrected chi connectivity index (χ4v) is 2.34. The Morgan fingerprint density at radius 3 is 2.59 bits per heavy atom. The van der Waals surface area contributed by atoms with Gasteiger partial charge in [0.2, 0.25) is 0 Å². The Morgan fingerprint density at radius 1 is 1.18 bits per heavy atom. The number of hydrogen-bond acceptors (Lipinski definition) is 3. The summed E-state index contributed by atoms with van der Waals surface area (Å²) < 4.78 is 5.74. The first-order valence-corrected chi connectivity index (χ1v) is 7.68. The van der Waals surface area contributed by atoms with Gasteiger partial charge in [0, 0.05) is 10.6 Å². The van der Waals surface area contributed by atoms with Crippen molar-refractivity contribution in [3.05, 3.63) is 64.7 Å². The van der Waals surface area contributed by atoms with Crippen LogP contribution < -0.4 is 4.74 Å². The lowest BCUT2D eigenvalue weighted by Gasteiger charge is -2.14. The number of ether oxygens (including phenoxy) is 1. The maximum absolute atomic E-state index is 12.3. The van der Waals surface area contributed by atoms with E-state index in [0.29, 0.717) is 22.8 Å². The molecule has 0 spiro atoms. The topological polar surface area (TPSA) is 46.5 Å². The van der Waals surface area contributed by atoms with Crippen molar-refractivity contribution in [2.24, 2.45) is 0 Å². The largest absolute Gasteiger partial charge is 0.488 e. The predicted octanol–water partition coefficient (Wildman–Crippen LogP) is 4.26. The summed E-state index contributed by atoms with van der Waals surface area (Å²) in [6.45, 7) is 2.20. The Balaban J connectivity index is 2.15. The van der Waals surface area contributed by atoms with Crippen LogP contribution in [0.2, 0.25) is 5.02 Å². The lowest BCUT2D eigenvalue weighted by atomic mass is 10.0. The summed E-state index contributed by atoms with van der Waals surface area (Å²) >= 11 is 6.10. The van der Waals surface area contributed by atoms with Gasteiger partial charge in [-0.3, -0.25) is 4.79 Å². The highest BCUT2D eigenvalue weighted by Gasteiger charge is 2.20. The van der Waals surface area contributed by atoms with Crippen LogP contribution in [-0.4, -0.2) is 17.0 Å². The van der Waals surface area contributed by atoms with E-state index in [-0.39, 0.29) is 12.4 Å². The number of aliphatic hydroxyl groups is 1. The molecule has 0 amide bonds. The highest BCUT2D eigenvalue weighted by atomic mass is 35.5. The normalized spacial score (nSPS) is 12.0. The molecule has 0 aromatic heterocycles. The van der Waals surface area contributed by atoms with Crippen molar-refractivity contribution >= 4 is 17.4 Å². The molecule has 0 radical (unpaired) electrons. The molecular formula is C18H19ClO3. The van der Waals surface area contributed by atoms with Crippen molar-refractivity contribution in [2.45, 2.75) is 32.5 Å². The second-order valence-electron chi connectivity index (χ2n) is 5.04. The second-order valence-corrected chi connectivity index (χ2v) is 5.45. The monoisotopic (exact) mass is 318 g/mol. The van der Waals surface area contributed by atoms with Crippen LogP contribution in [0.5, 0.6) is 5.75 Å². The SMILES string of the molecule is CCCC(O)C(=O)c1ccccc1OCc1ccccc1Cl. The third-order valence-electron chi connectivity index (χ3n) is 3.36. The van der Waals surface area contributed by atoms with Crippen molar-refractivity contribution in [3.63, 3.8) is 0 Å². The van der Waals surface area contributed by atoms with Crippen molar-refractivity contribution in [3.8, 4) is 5.75 Å². The smallest absolute Gasteiger partial charge is 0.194 e. The third kappa shape index (κ3) is 4.09. The van der Waals surface area contributed by atoms with Gasteiger partial charge in [-0.2, -0.15) is 0 Å². The van der Waals surface area contributed by atoms with Crippen LogP contribution in [0.1, 0.15) is 35.7 Å². The average molecular weight is 319 g/mol. The fourth-order valence-electron chi connectivity index (χ4n) is 2.15. The zero-order valence-corrected chi connectivity index (χ0v) is 13.2. The van der Waals surface area contributed by atoms with Gasteiger partial charge in [-0.1, -0.05) is 55.3 Å². The van der Waals surface area contributed by atoms with Gasteiger partial charge >= 0.3 is 0 Å². The molecule has 0 saturated carbocycles. The number of aliphatic hydroxyl groups excluding tert-OH is 1. The number of carbonyl (C=O) groups is 1. The van der Waals surface area contributed by atoms with Crippen LogP contribution in [0.15, 0.2) is 48.5 Å². The lowest BCUT2D eigenvalue weighted by Crippen LogP contribution is -2.20. The summed E-state index contributed by atoms with van der Waals surface area (Å²) in [4.78, 5) is 12.3. The van der Waals surface area contributed by atoms with Gasteiger partial charge in [0.1, 0.15) is 18.5 Å². The van der Waals surface area contributed by atoms with Gasteiger partial charge in [0.05, 0.1) is 5.56 Å². The van der Waals surface area contributed by atoms with Gasteiger partial charge in [-0.15, -0.1) is 0 Å². The molecule has 0 bridgehead atoms. The summed E-state index contributed by atoms with van der Waals surface area (Å²) in [5.41, 5.74) is 1.25. The van der Waals surface area contributed by atoms with Crippen molar-refractivity contribution in [1.82, 2.24) is 0 Å². The first-order valence-electron chi connectivity index (χ1n) is 7.31. The van der Waals surface area contributed by atoms with Crippen molar-refractivity contribution < 1.29 is 14.6 Å². The molecule has 0 aliphatic carbocycles. The standard InChI is InChI=1S/C18H19ClO3/c1-2-7-16(20)18(21)14-9-4-6-11-17(14)22-12-13-8-3-5-10-15(13)19/h3-6,8-11,16,20H,2,7,12H2,1H3. The highest BCUT2D eigenvalue weighted by molar-refractivity contribution is 6.31. The van der Waals surface area contributed by atoms with E-state index in [1.165, 1.54) is 0 Å². The molecule has 2 aromatic carbocycles. The molecule has 3 nitrogen and oxygen atoms in total. The van der Waals surface area contributed by atoms with Gasteiger partial charge < -0.3 is 9.84 Å². The first-order chi connectivity index (χ1) is 10.6. The van der Waals surface area contributed by atoms with E-state index in [1.54, 1.807) is 30.3 Å². The molecule has 0 heterocycles. The Labute approximate surface area is 135 Å². The van der Waals surface area contributed by atoms with Gasteiger partial charge in [-0.25, -0.2) is 0 Å². The summed E-state index contributed by atoms with van der Waals surface area (Å²) in [6.07, 6.45) is 0.197. The fraction of sp³-hybridized carbons (Fsp3) is 0.278. The van der Waals surface area contributed by atoms with E-state index < -0.39 is 6.10 Å². The Kier molecular flexibility index (Phi) is 5.99. The Morgan fingerprint density at radius 2 is 1.86 bits per heavy atom.